The van der Waals surface area contributed by atoms with Gasteiger partial charge in [-0.25, -0.2) is 14.4 Å². The van der Waals surface area contributed by atoms with Crippen molar-refractivity contribution in [3.05, 3.63) is 58.9 Å². The normalized spacial score (nSPS) is 16.6. The molecule has 0 unspecified atom stereocenters. The second-order valence-electron chi connectivity index (χ2n) is 7.87. The summed E-state index contributed by atoms with van der Waals surface area (Å²) in [5, 5.41) is 2.81. The van der Waals surface area contributed by atoms with Crippen LogP contribution < -0.4 is 5.32 Å². The van der Waals surface area contributed by atoms with Gasteiger partial charge in [0.15, 0.2) is 5.82 Å². The number of halogens is 1. The topological polar surface area (TPSA) is 78.4 Å². The van der Waals surface area contributed by atoms with Crippen LogP contribution in [0.3, 0.4) is 0 Å². The van der Waals surface area contributed by atoms with Gasteiger partial charge in [-0.2, -0.15) is 0 Å². The number of benzene rings is 1. The van der Waals surface area contributed by atoms with Crippen LogP contribution in [0.2, 0.25) is 0 Å². The van der Waals surface area contributed by atoms with Crippen LogP contribution in [0.25, 0.3) is 0 Å². The van der Waals surface area contributed by atoms with Gasteiger partial charge in [0.05, 0.1) is 23.8 Å². The molecule has 1 aliphatic rings. The van der Waals surface area contributed by atoms with E-state index < -0.39 is 0 Å². The van der Waals surface area contributed by atoms with E-state index in [2.05, 4.69) is 15.3 Å². The van der Waals surface area contributed by atoms with Crippen LogP contribution in [0.15, 0.2) is 30.5 Å². The average Bonchev–Trinajstić information content (AvgIpc) is 2.72. The molecule has 3 rings (SSSR count). The van der Waals surface area contributed by atoms with Crippen LogP contribution in [0.5, 0.6) is 0 Å². The first-order valence-corrected chi connectivity index (χ1v) is 10.2. The van der Waals surface area contributed by atoms with E-state index in [-0.39, 0.29) is 30.2 Å². The molecule has 0 aliphatic carbocycles. The molecule has 2 heterocycles. The zero-order valence-corrected chi connectivity index (χ0v) is 17.7. The number of piperidine rings is 1. The molecule has 0 spiro atoms. The lowest BCUT2D eigenvalue weighted by molar-refractivity contribution is -0.135. The summed E-state index contributed by atoms with van der Waals surface area (Å²) >= 11 is 0. The molecule has 1 aromatic carbocycles. The Labute approximate surface area is 176 Å². The number of nitrogens with one attached hydrogen (secondary N) is 1. The fourth-order valence-electron chi connectivity index (χ4n) is 3.61. The number of likely N-dealkylation sites (N-methyl/N-ethyl adjacent to an activating group) is 1. The van der Waals surface area contributed by atoms with Crippen molar-refractivity contribution in [2.45, 2.75) is 38.8 Å². The Morgan fingerprint density at radius 2 is 1.97 bits per heavy atom. The van der Waals surface area contributed by atoms with Gasteiger partial charge >= 0.3 is 0 Å². The van der Waals surface area contributed by atoms with E-state index in [1.165, 1.54) is 18.3 Å². The van der Waals surface area contributed by atoms with Crippen molar-refractivity contribution in [1.82, 2.24) is 25.1 Å². The third kappa shape index (κ3) is 5.38. The SMILES string of the molecule is Cc1nc([C@@H]2CCCCN2C(=O)CN(C)C)ncc1C(=O)NCc1ccc(F)cc1. The maximum absolute atomic E-state index is 13.0. The molecule has 30 heavy (non-hydrogen) atoms. The molecule has 1 atom stereocenters. The molecule has 1 aromatic heterocycles. The zero-order chi connectivity index (χ0) is 21.7. The lowest BCUT2D eigenvalue weighted by atomic mass is 10.0. The first-order chi connectivity index (χ1) is 14.3. The van der Waals surface area contributed by atoms with Crippen molar-refractivity contribution < 1.29 is 14.0 Å². The van der Waals surface area contributed by atoms with Crippen molar-refractivity contribution in [3.8, 4) is 0 Å². The fourth-order valence-corrected chi connectivity index (χ4v) is 3.61. The molecule has 1 aliphatic heterocycles. The van der Waals surface area contributed by atoms with Crippen LogP contribution in [0.1, 0.15) is 52.7 Å². The summed E-state index contributed by atoms with van der Waals surface area (Å²) in [5.74, 6) is 0.0414. The Morgan fingerprint density at radius 3 is 2.63 bits per heavy atom. The predicted molar refractivity (Wildman–Crippen MR) is 111 cm³/mol. The summed E-state index contributed by atoms with van der Waals surface area (Å²) in [6.07, 6.45) is 4.33. The number of amides is 2. The van der Waals surface area contributed by atoms with Gasteiger partial charge in [-0.3, -0.25) is 9.59 Å². The summed E-state index contributed by atoms with van der Waals surface area (Å²) in [7, 11) is 3.74. The molecule has 1 saturated heterocycles. The lowest BCUT2D eigenvalue weighted by Gasteiger charge is -2.35. The number of rotatable bonds is 6. The van der Waals surface area contributed by atoms with Gasteiger partial charge in [0, 0.05) is 19.3 Å². The van der Waals surface area contributed by atoms with Gasteiger partial charge in [-0.05, 0) is 58.0 Å². The Morgan fingerprint density at radius 1 is 1.23 bits per heavy atom. The number of carbonyl (C=O) groups is 2. The number of nitrogens with zero attached hydrogens (tertiary/aromatic N) is 4. The smallest absolute Gasteiger partial charge is 0.254 e. The second-order valence-corrected chi connectivity index (χ2v) is 7.87. The van der Waals surface area contributed by atoms with Gasteiger partial charge in [0.25, 0.3) is 5.91 Å². The largest absolute Gasteiger partial charge is 0.348 e. The molecule has 0 saturated carbocycles. The van der Waals surface area contributed by atoms with Gasteiger partial charge in [0.2, 0.25) is 5.91 Å². The van der Waals surface area contributed by atoms with Gasteiger partial charge in [-0.1, -0.05) is 12.1 Å². The Bertz CT molecular complexity index is 901. The molecule has 1 N–H and O–H groups in total. The molecule has 7 nitrogen and oxygen atoms in total. The number of hydrogen-bond donors (Lipinski definition) is 1. The third-order valence-corrected chi connectivity index (χ3v) is 5.18. The second kappa shape index (κ2) is 9.75. The Balaban J connectivity index is 1.70. The number of aromatic nitrogens is 2. The summed E-state index contributed by atoms with van der Waals surface area (Å²) < 4.78 is 13.0. The monoisotopic (exact) mass is 413 g/mol. The molecular weight excluding hydrogens is 385 g/mol. The highest BCUT2D eigenvalue weighted by Crippen LogP contribution is 2.29. The van der Waals surface area contributed by atoms with Crippen molar-refractivity contribution >= 4 is 11.8 Å². The lowest BCUT2D eigenvalue weighted by Crippen LogP contribution is -2.43. The molecule has 0 bridgehead atoms. The van der Waals surface area contributed by atoms with Gasteiger partial charge in [-0.15, -0.1) is 0 Å². The number of likely N-dealkylation sites (tertiary alicyclic amines) is 1. The van der Waals surface area contributed by atoms with E-state index in [0.29, 0.717) is 30.2 Å². The minimum absolute atomic E-state index is 0.0621. The van der Waals surface area contributed by atoms with E-state index in [1.54, 1.807) is 19.1 Å². The van der Waals surface area contributed by atoms with Crippen LogP contribution in [-0.4, -0.2) is 58.8 Å². The van der Waals surface area contributed by atoms with Crippen LogP contribution in [0.4, 0.5) is 4.39 Å². The summed E-state index contributed by atoms with van der Waals surface area (Å²) in [6, 6.07) is 5.81. The summed E-state index contributed by atoms with van der Waals surface area (Å²) in [5.41, 5.74) is 1.77. The highest BCUT2D eigenvalue weighted by Gasteiger charge is 2.30. The highest BCUT2D eigenvalue weighted by atomic mass is 19.1. The molecule has 160 valence electrons. The predicted octanol–water partition coefficient (Wildman–Crippen LogP) is 2.47. The average molecular weight is 413 g/mol. The molecule has 2 aromatic rings. The summed E-state index contributed by atoms with van der Waals surface area (Å²) in [6.45, 7) is 3.10. The molecular formula is C22H28FN5O2. The van der Waals surface area contributed by atoms with Gasteiger partial charge in [0.1, 0.15) is 5.82 Å². The van der Waals surface area contributed by atoms with Crippen molar-refractivity contribution in [2.24, 2.45) is 0 Å². The molecule has 0 radical (unpaired) electrons. The Kier molecular flexibility index (Phi) is 7.10. The van der Waals surface area contributed by atoms with Crippen molar-refractivity contribution in [3.63, 3.8) is 0 Å². The molecule has 8 heteroatoms. The quantitative estimate of drug-likeness (QED) is 0.787. The summed E-state index contributed by atoms with van der Waals surface area (Å²) in [4.78, 5) is 37.9. The number of aryl methyl sites for hydroxylation is 1. The van der Waals surface area contributed by atoms with Crippen molar-refractivity contribution in [1.29, 1.82) is 0 Å². The molecule has 1 fully saturated rings. The highest BCUT2D eigenvalue weighted by molar-refractivity contribution is 5.94. The maximum Gasteiger partial charge on any atom is 0.254 e. The van der Waals surface area contributed by atoms with Gasteiger partial charge < -0.3 is 15.1 Å². The maximum atomic E-state index is 13.0. The minimum atomic E-state index is -0.314. The Hall–Kier alpha value is -2.87. The first kappa shape index (κ1) is 21.8. The van der Waals surface area contributed by atoms with E-state index in [0.717, 1.165) is 24.8 Å². The number of carbonyl (C=O) groups excluding carboxylic acids is 2. The van der Waals surface area contributed by atoms with E-state index in [4.69, 9.17) is 0 Å². The third-order valence-electron chi connectivity index (χ3n) is 5.18. The number of hydrogen-bond acceptors (Lipinski definition) is 5. The van der Waals surface area contributed by atoms with Crippen LogP contribution in [0, 0.1) is 12.7 Å². The van der Waals surface area contributed by atoms with E-state index in [1.807, 2.05) is 23.9 Å². The van der Waals surface area contributed by atoms with Crippen molar-refractivity contribution in [2.75, 3.05) is 27.2 Å². The first-order valence-electron chi connectivity index (χ1n) is 10.2. The van der Waals surface area contributed by atoms with Crippen LogP contribution in [-0.2, 0) is 11.3 Å². The fraction of sp³-hybridized carbons (Fsp3) is 0.455. The minimum Gasteiger partial charge on any atom is -0.348 e. The van der Waals surface area contributed by atoms with Crippen LogP contribution >= 0.6 is 0 Å². The molecule has 2 amide bonds. The standard InChI is InChI=1S/C22H28FN5O2/c1-15-18(22(30)25-12-16-7-9-17(23)10-8-16)13-24-21(26-15)19-6-4-5-11-28(19)20(29)14-27(2)3/h7-10,13,19H,4-6,11-12,14H2,1-3H3,(H,25,30)/t19-/m0/s1. The van der Waals surface area contributed by atoms with E-state index >= 15 is 0 Å². The van der Waals surface area contributed by atoms with E-state index in [9.17, 15) is 14.0 Å². The zero-order valence-electron chi connectivity index (χ0n) is 17.7.